The van der Waals surface area contributed by atoms with Crippen LogP contribution in [0.1, 0.15) is 66.1 Å². The van der Waals surface area contributed by atoms with Crippen molar-refractivity contribution in [3.8, 4) is 0 Å². The van der Waals surface area contributed by atoms with E-state index in [2.05, 4.69) is 44.5 Å². The van der Waals surface area contributed by atoms with E-state index in [1.54, 1.807) is 18.4 Å². The zero-order chi connectivity index (χ0) is 21.0. The molecule has 1 amide bonds. The number of furan rings is 1. The van der Waals surface area contributed by atoms with E-state index in [1.807, 2.05) is 11.0 Å². The Morgan fingerprint density at radius 2 is 1.81 bits per heavy atom. The molecule has 1 saturated carbocycles. The molecule has 0 bridgehead atoms. The SMILES string of the molecule is O=C(c1ccco1)N1CC[NH+]([C@H](c2ccccc2)c2nnnn2C2CCCCC2)CC1. The van der Waals surface area contributed by atoms with Crippen molar-refractivity contribution in [1.82, 2.24) is 25.1 Å². The third-order valence-corrected chi connectivity index (χ3v) is 6.66. The molecule has 2 aromatic heterocycles. The summed E-state index contributed by atoms with van der Waals surface area (Å²) in [5, 5.41) is 13.0. The molecule has 3 aromatic rings. The normalized spacial score (nSPS) is 19.4. The minimum atomic E-state index is -0.0349. The second-order valence-corrected chi connectivity index (χ2v) is 8.54. The highest BCUT2D eigenvalue weighted by Gasteiger charge is 2.36. The van der Waals surface area contributed by atoms with Gasteiger partial charge < -0.3 is 14.2 Å². The van der Waals surface area contributed by atoms with Gasteiger partial charge in [0.25, 0.3) is 5.91 Å². The number of nitrogens with one attached hydrogen (secondary N) is 1. The van der Waals surface area contributed by atoms with Gasteiger partial charge in [-0.15, -0.1) is 5.10 Å². The maximum Gasteiger partial charge on any atom is 0.289 e. The van der Waals surface area contributed by atoms with E-state index < -0.39 is 0 Å². The molecule has 1 aromatic carbocycles. The average molecular weight is 422 g/mol. The van der Waals surface area contributed by atoms with E-state index in [4.69, 9.17) is 4.42 Å². The summed E-state index contributed by atoms with van der Waals surface area (Å²) in [5.41, 5.74) is 1.22. The van der Waals surface area contributed by atoms with Crippen molar-refractivity contribution in [2.45, 2.75) is 44.2 Å². The quantitative estimate of drug-likeness (QED) is 0.681. The van der Waals surface area contributed by atoms with Crippen LogP contribution in [0.3, 0.4) is 0 Å². The number of tetrazole rings is 1. The number of hydrogen-bond acceptors (Lipinski definition) is 5. The second kappa shape index (κ2) is 9.01. The van der Waals surface area contributed by atoms with Gasteiger partial charge in [-0.3, -0.25) is 4.79 Å². The lowest BCUT2D eigenvalue weighted by atomic mass is 9.95. The van der Waals surface area contributed by atoms with Gasteiger partial charge in [-0.25, -0.2) is 4.68 Å². The largest absolute Gasteiger partial charge is 0.459 e. The van der Waals surface area contributed by atoms with Gasteiger partial charge in [0.15, 0.2) is 11.8 Å². The van der Waals surface area contributed by atoms with Crippen molar-refractivity contribution in [2.75, 3.05) is 26.2 Å². The molecule has 1 aliphatic heterocycles. The molecule has 1 aliphatic carbocycles. The summed E-state index contributed by atoms with van der Waals surface area (Å²) in [5.74, 6) is 1.32. The lowest BCUT2D eigenvalue weighted by Gasteiger charge is -2.36. The first-order valence-electron chi connectivity index (χ1n) is 11.3. The summed E-state index contributed by atoms with van der Waals surface area (Å²) in [6.07, 6.45) is 7.60. The standard InChI is InChI=1S/C23H28N6O2/c30-23(20-12-7-17-31-20)28-15-13-27(14-16-28)21(18-8-3-1-4-9-18)22-24-25-26-29(22)19-10-5-2-6-11-19/h1,3-4,7-9,12,17,19,21H,2,5-6,10-11,13-16H2/p+1/t21-/m1/s1. The Morgan fingerprint density at radius 3 is 2.52 bits per heavy atom. The van der Waals surface area contributed by atoms with Gasteiger partial charge in [-0.2, -0.15) is 0 Å². The first-order valence-corrected chi connectivity index (χ1v) is 11.3. The Balaban J connectivity index is 1.39. The molecule has 2 aliphatic rings. The van der Waals surface area contributed by atoms with Crippen LogP contribution in [0.25, 0.3) is 0 Å². The maximum absolute atomic E-state index is 12.7. The molecule has 0 radical (unpaired) electrons. The Morgan fingerprint density at radius 1 is 1.03 bits per heavy atom. The number of piperazine rings is 1. The van der Waals surface area contributed by atoms with Crippen molar-refractivity contribution in [2.24, 2.45) is 0 Å². The van der Waals surface area contributed by atoms with E-state index in [9.17, 15) is 4.79 Å². The van der Waals surface area contributed by atoms with Gasteiger partial charge in [-0.1, -0.05) is 49.6 Å². The van der Waals surface area contributed by atoms with Crippen LogP contribution in [0.2, 0.25) is 0 Å². The minimum absolute atomic E-state index is 0.0349. The number of rotatable bonds is 5. The first-order chi connectivity index (χ1) is 15.3. The fourth-order valence-corrected chi connectivity index (χ4v) is 5.03. The molecule has 1 atom stereocenters. The lowest BCUT2D eigenvalue weighted by Crippen LogP contribution is -3.15. The second-order valence-electron chi connectivity index (χ2n) is 8.54. The smallest absolute Gasteiger partial charge is 0.289 e. The van der Waals surface area contributed by atoms with E-state index in [0.29, 0.717) is 24.9 Å². The highest BCUT2D eigenvalue weighted by atomic mass is 16.3. The molecular formula is C23H29N6O2+. The van der Waals surface area contributed by atoms with Crippen LogP contribution < -0.4 is 4.90 Å². The number of quaternary nitrogens is 1. The van der Waals surface area contributed by atoms with Gasteiger partial charge in [0.05, 0.1) is 38.5 Å². The molecule has 0 spiro atoms. The number of benzene rings is 1. The first kappa shape index (κ1) is 19.9. The predicted molar refractivity (Wildman–Crippen MR) is 114 cm³/mol. The van der Waals surface area contributed by atoms with Crippen molar-refractivity contribution in [3.63, 3.8) is 0 Å². The summed E-state index contributed by atoms with van der Waals surface area (Å²) in [7, 11) is 0. The molecule has 8 nitrogen and oxygen atoms in total. The molecule has 8 heteroatoms. The third-order valence-electron chi connectivity index (χ3n) is 6.66. The van der Waals surface area contributed by atoms with Crippen LogP contribution in [0.15, 0.2) is 53.1 Å². The molecule has 31 heavy (non-hydrogen) atoms. The monoisotopic (exact) mass is 421 g/mol. The molecule has 1 N–H and O–H groups in total. The number of hydrogen-bond donors (Lipinski definition) is 1. The Labute approximate surface area is 181 Å². The number of carbonyl (C=O) groups is 1. The highest BCUT2D eigenvalue weighted by molar-refractivity contribution is 5.91. The van der Waals surface area contributed by atoms with Crippen LogP contribution in [0.4, 0.5) is 0 Å². The topological polar surface area (TPSA) is 81.5 Å². The van der Waals surface area contributed by atoms with Crippen LogP contribution in [-0.2, 0) is 0 Å². The predicted octanol–water partition coefficient (Wildman–Crippen LogP) is 1.90. The van der Waals surface area contributed by atoms with E-state index in [1.165, 1.54) is 29.7 Å². The zero-order valence-electron chi connectivity index (χ0n) is 17.7. The zero-order valence-corrected chi connectivity index (χ0v) is 17.7. The van der Waals surface area contributed by atoms with Crippen molar-refractivity contribution >= 4 is 5.91 Å². The summed E-state index contributed by atoms with van der Waals surface area (Å²) in [6.45, 7) is 3.04. The lowest BCUT2D eigenvalue weighted by molar-refractivity contribution is -0.930. The van der Waals surface area contributed by atoms with Crippen LogP contribution >= 0.6 is 0 Å². The van der Waals surface area contributed by atoms with E-state index in [0.717, 1.165) is 31.8 Å². The maximum atomic E-state index is 12.7. The molecule has 1 saturated heterocycles. The van der Waals surface area contributed by atoms with Crippen molar-refractivity contribution in [3.05, 3.63) is 65.9 Å². The van der Waals surface area contributed by atoms with Crippen LogP contribution in [0, 0.1) is 0 Å². The molecule has 2 fully saturated rings. The summed E-state index contributed by atoms with van der Waals surface area (Å²) < 4.78 is 7.39. The number of amides is 1. The Hall–Kier alpha value is -3.00. The molecule has 162 valence electrons. The summed E-state index contributed by atoms with van der Waals surface area (Å²) in [6, 6.07) is 14.4. The minimum Gasteiger partial charge on any atom is -0.459 e. The summed E-state index contributed by atoms with van der Waals surface area (Å²) in [4.78, 5) is 16.0. The van der Waals surface area contributed by atoms with Gasteiger partial charge in [-0.05, 0) is 35.4 Å². The van der Waals surface area contributed by atoms with Gasteiger partial charge >= 0.3 is 0 Å². The molecule has 0 unspecified atom stereocenters. The fraction of sp³-hybridized carbons (Fsp3) is 0.478. The number of nitrogens with zero attached hydrogens (tertiary/aromatic N) is 5. The average Bonchev–Trinajstić information content (AvgIpc) is 3.54. The van der Waals surface area contributed by atoms with Crippen molar-refractivity contribution < 1.29 is 14.1 Å². The van der Waals surface area contributed by atoms with Gasteiger partial charge in [0.2, 0.25) is 5.82 Å². The van der Waals surface area contributed by atoms with Crippen LogP contribution in [0.5, 0.6) is 0 Å². The highest BCUT2D eigenvalue weighted by Crippen LogP contribution is 2.30. The van der Waals surface area contributed by atoms with Crippen LogP contribution in [-0.4, -0.2) is 57.2 Å². The van der Waals surface area contributed by atoms with Crippen molar-refractivity contribution in [1.29, 1.82) is 0 Å². The Kier molecular flexibility index (Phi) is 5.80. The summed E-state index contributed by atoms with van der Waals surface area (Å²) >= 11 is 0. The Bertz CT molecular complexity index is 973. The van der Waals surface area contributed by atoms with E-state index in [-0.39, 0.29) is 11.9 Å². The van der Waals surface area contributed by atoms with Gasteiger partial charge in [0.1, 0.15) is 0 Å². The molecule has 5 rings (SSSR count). The number of carbonyl (C=O) groups excluding carboxylic acids is 1. The fourth-order valence-electron chi connectivity index (χ4n) is 5.03. The molecule has 3 heterocycles. The third kappa shape index (κ3) is 4.12. The van der Waals surface area contributed by atoms with E-state index >= 15 is 0 Å². The van der Waals surface area contributed by atoms with Gasteiger partial charge in [0, 0.05) is 5.56 Å². The number of aromatic nitrogens is 4. The molecular weight excluding hydrogens is 392 g/mol.